The second-order valence-electron chi connectivity index (χ2n) is 8.85. The van der Waals surface area contributed by atoms with Crippen LogP contribution in [0.5, 0.6) is 11.5 Å². The molecule has 0 saturated carbocycles. The third kappa shape index (κ3) is 7.11. The lowest BCUT2D eigenvalue weighted by Crippen LogP contribution is -2.23. The molecule has 192 valence electrons. The molecule has 0 amide bonds. The fraction of sp³-hybridized carbons (Fsp3) is 0.226. The number of ether oxygens (including phenoxy) is 1. The molecule has 0 bridgehead atoms. The molecule has 0 aliphatic carbocycles. The highest BCUT2D eigenvalue weighted by Crippen LogP contribution is 2.33. The van der Waals surface area contributed by atoms with Gasteiger partial charge in [0, 0.05) is 29.0 Å². The average molecular weight is 499 g/mol. The van der Waals surface area contributed by atoms with E-state index in [1.54, 1.807) is 12.1 Å². The molecule has 4 aromatic rings. The van der Waals surface area contributed by atoms with E-state index in [0.29, 0.717) is 30.8 Å². The molecule has 0 saturated heterocycles. The molecule has 0 aliphatic rings. The Bertz CT molecular complexity index is 1280. The third-order valence-corrected chi connectivity index (χ3v) is 6.19. The standard InChI is InChI=1S/C31H34N2O4/c1-2-37-31-15-13-27(19-28(31)23-6-4-3-5-7-23)33-26-11-8-22(9-12-26)16-17-32-20-30(36)24-10-14-29(35)25(18-24)21-34/h3-15,18-19,30,32-36H,2,16-17,20-21H2,1H3. The summed E-state index contributed by atoms with van der Waals surface area (Å²) in [5.41, 5.74) is 6.42. The molecule has 5 N–H and O–H groups in total. The van der Waals surface area contributed by atoms with Crippen molar-refractivity contribution in [2.24, 2.45) is 0 Å². The number of hydrogen-bond acceptors (Lipinski definition) is 6. The summed E-state index contributed by atoms with van der Waals surface area (Å²) < 4.78 is 5.84. The number of aliphatic hydroxyl groups is 2. The molecule has 0 aliphatic heterocycles. The van der Waals surface area contributed by atoms with Gasteiger partial charge in [-0.2, -0.15) is 0 Å². The summed E-state index contributed by atoms with van der Waals surface area (Å²) in [5.74, 6) is 0.898. The molecular weight excluding hydrogens is 464 g/mol. The van der Waals surface area contributed by atoms with Crippen LogP contribution in [0.3, 0.4) is 0 Å². The van der Waals surface area contributed by atoms with Crippen LogP contribution in [0, 0.1) is 0 Å². The van der Waals surface area contributed by atoms with Crippen molar-refractivity contribution >= 4 is 11.4 Å². The average Bonchev–Trinajstić information content (AvgIpc) is 2.93. The second-order valence-corrected chi connectivity index (χ2v) is 8.85. The summed E-state index contributed by atoms with van der Waals surface area (Å²) in [5, 5.41) is 36.1. The highest BCUT2D eigenvalue weighted by atomic mass is 16.5. The van der Waals surface area contributed by atoms with Crippen LogP contribution in [0.4, 0.5) is 11.4 Å². The smallest absolute Gasteiger partial charge is 0.127 e. The van der Waals surface area contributed by atoms with Crippen LogP contribution in [0.1, 0.15) is 29.7 Å². The molecule has 0 fully saturated rings. The van der Waals surface area contributed by atoms with E-state index in [4.69, 9.17) is 4.74 Å². The van der Waals surface area contributed by atoms with Crippen molar-refractivity contribution < 1.29 is 20.1 Å². The van der Waals surface area contributed by atoms with E-state index in [9.17, 15) is 15.3 Å². The quantitative estimate of drug-likeness (QED) is 0.164. The predicted molar refractivity (Wildman–Crippen MR) is 148 cm³/mol. The maximum atomic E-state index is 10.4. The Hall–Kier alpha value is -3.84. The van der Waals surface area contributed by atoms with Gasteiger partial charge >= 0.3 is 0 Å². The molecule has 6 nitrogen and oxygen atoms in total. The number of rotatable bonds is 12. The molecule has 1 atom stereocenters. The van der Waals surface area contributed by atoms with Crippen LogP contribution in [0.2, 0.25) is 0 Å². The summed E-state index contributed by atoms with van der Waals surface area (Å²) in [7, 11) is 0. The molecule has 0 aromatic heterocycles. The lowest BCUT2D eigenvalue weighted by molar-refractivity contribution is 0.174. The first-order chi connectivity index (χ1) is 18.1. The van der Waals surface area contributed by atoms with Crippen molar-refractivity contribution in [1.29, 1.82) is 0 Å². The first-order valence-corrected chi connectivity index (χ1v) is 12.6. The number of phenols is 1. The topological polar surface area (TPSA) is 94.0 Å². The summed E-state index contributed by atoms with van der Waals surface area (Å²) in [4.78, 5) is 0. The maximum Gasteiger partial charge on any atom is 0.127 e. The Morgan fingerprint density at radius 1 is 0.865 bits per heavy atom. The summed E-state index contributed by atoms with van der Waals surface area (Å²) >= 11 is 0. The van der Waals surface area contributed by atoms with Crippen LogP contribution in [-0.4, -0.2) is 35.0 Å². The summed E-state index contributed by atoms with van der Waals surface area (Å²) in [6.45, 7) is 3.44. The van der Waals surface area contributed by atoms with E-state index < -0.39 is 6.10 Å². The normalized spacial score (nSPS) is 11.8. The van der Waals surface area contributed by atoms with Crippen molar-refractivity contribution in [2.75, 3.05) is 25.0 Å². The second kappa shape index (κ2) is 12.9. The Labute approximate surface area is 218 Å². The first-order valence-electron chi connectivity index (χ1n) is 12.6. The largest absolute Gasteiger partial charge is 0.508 e. The van der Waals surface area contributed by atoms with Crippen LogP contribution in [0.25, 0.3) is 11.1 Å². The van der Waals surface area contributed by atoms with Gasteiger partial charge in [-0.25, -0.2) is 0 Å². The van der Waals surface area contributed by atoms with Crippen LogP contribution in [-0.2, 0) is 13.0 Å². The van der Waals surface area contributed by atoms with Gasteiger partial charge in [0.05, 0.1) is 19.3 Å². The number of benzene rings is 4. The number of nitrogens with one attached hydrogen (secondary N) is 2. The summed E-state index contributed by atoms with van der Waals surface area (Å²) in [6, 6.07) is 29.5. The maximum absolute atomic E-state index is 10.4. The van der Waals surface area contributed by atoms with Crippen LogP contribution < -0.4 is 15.4 Å². The first kappa shape index (κ1) is 26.2. The minimum Gasteiger partial charge on any atom is -0.508 e. The highest BCUT2D eigenvalue weighted by molar-refractivity contribution is 5.76. The van der Waals surface area contributed by atoms with Gasteiger partial charge in [-0.1, -0.05) is 48.5 Å². The predicted octanol–water partition coefficient (Wildman–Crippen LogP) is 5.56. The van der Waals surface area contributed by atoms with E-state index >= 15 is 0 Å². The lowest BCUT2D eigenvalue weighted by atomic mass is 10.0. The Morgan fingerprint density at radius 3 is 2.35 bits per heavy atom. The van der Waals surface area contributed by atoms with E-state index in [-0.39, 0.29) is 12.4 Å². The minimum absolute atomic E-state index is 0.0310. The van der Waals surface area contributed by atoms with Crippen LogP contribution in [0.15, 0.2) is 91.0 Å². The molecule has 4 rings (SSSR count). The van der Waals surface area contributed by atoms with E-state index in [1.807, 2.05) is 37.3 Å². The molecule has 4 aromatic carbocycles. The van der Waals surface area contributed by atoms with Gasteiger partial charge in [0.1, 0.15) is 11.5 Å². The fourth-order valence-corrected chi connectivity index (χ4v) is 4.18. The lowest BCUT2D eigenvalue weighted by Gasteiger charge is -2.15. The number of aromatic hydroxyl groups is 1. The van der Waals surface area contributed by atoms with Gasteiger partial charge < -0.3 is 30.7 Å². The molecule has 0 spiro atoms. The van der Waals surface area contributed by atoms with Crippen molar-refractivity contribution in [3.63, 3.8) is 0 Å². The van der Waals surface area contributed by atoms with Crippen molar-refractivity contribution in [2.45, 2.75) is 26.1 Å². The van der Waals surface area contributed by atoms with Gasteiger partial charge in [-0.15, -0.1) is 0 Å². The van der Waals surface area contributed by atoms with Gasteiger partial charge in [0.2, 0.25) is 0 Å². The van der Waals surface area contributed by atoms with Crippen molar-refractivity contribution in [1.82, 2.24) is 5.32 Å². The molecular formula is C31H34N2O4. The van der Waals surface area contributed by atoms with E-state index in [1.165, 1.54) is 11.6 Å². The number of anilines is 2. The zero-order chi connectivity index (χ0) is 26.0. The van der Waals surface area contributed by atoms with Crippen molar-refractivity contribution in [3.05, 3.63) is 108 Å². The van der Waals surface area contributed by atoms with Gasteiger partial charge in [-0.05, 0) is 79.0 Å². The van der Waals surface area contributed by atoms with E-state index in [0.717, 1.165) is 34.7 Å². The van der Waals surface area contributed by atoms with Crippen molar-refractivity contribution in [3.8, 4) is 22.6 Å². The van der Waals surface area contributed by atoms with Gasteiger partial charge in [0.15, 0.2) is 0 Å². The Morgan fingerprint density at radius 2 is 1.62 bits per heavy atom. The SMILES string of the molecule is CCOc1ccc(Nc2ccc(CCNCC(O)c3ccc(O)c(CO)c3)cc2)cc1-c1ccccc1. The monoisotopic (exact) mass is 498 g/mol. The van der Waals surface area contributed by atoms with Gasteiger partial charge in [-0.3, -0.25) is 0 Å². The fourth-order valence-electron chi connectivity index (χ4n) is 4.18. The highest BCUT2D eigenvalue weighted by Gasteiger charge is 2.11. The molecule has 0 radical (unpaired) electrons. The van der Waals surface area contributed by atoms with Crippen LogP contribution >= 0.6 is 0 Å². The molecule has 37 heavy (non-hydrogen) atoms. The molecule has 0 heterocycles. The third-order valence-electron chi connectivity index (χ3n) is 6.19. The van der Waals surface area contributed by atoms with E-state index in [2.05, 4.69) is 53.1 Å². The Kier molecular flexibility index (Phi) is 9.16. The zero-order valence-electron chi connectivity index (χ0n) is 21.0. The molecule has 1 unspecified atom stereocenters. The Balaban J connectivity index is 1.31. The zero-order valence-corrected chi connectivity index (χ0v) is 21.0. The van der Waals surface area contributed by atoms with Gasteiger partial charge in [0.25, 0.3) is 0 Å². The number of aliphatic hydroxyl groups excluding tert-OH is 2. The number of hydrogen-bond donors (Lipinski definition) is 5. The molecule has 6 heteroatoms. The minimum atomic E-state index is -0.715. The summed E-state index contributed by atoms with van der Waals surface area (Å²) in [6.07, 6.45) is 0.110.